The van der Waals surface area contributed by atoms with E-state index in [-0.39, 0.29) is 28.1 Å². The van der Waals surface area contributed by atoms with Gasteiger partial charge in [0.05, 0.1) is 11.3 Å². The standard InChI is InChI=1S/C15H12O5/c1-8(9(2)18)13-5-11-3-10(6-16)4-12(7-17)14(11)15(19)20-13/h3-8H,1-2H3. The number of rotatable bonds is 4. The van der Waals surface area contributed by atoms with E-state index in [9.17, 15) is 19.2 Å². The van der Waals surface area contributed by atoms with Crippen LogP contribution in [0.2, 0.25) is 0 Å². The number of aldehydes is 2. The molecular weight excluding hydrogens is 260 g/mol. The highest BCUT2D eigenvalue weighted by Crippen LogP contribution is 2.22. The lowest BCUT2D eigenvalue weighted by molar-refractivity contribution is -0.118. The summed E-state index contributed by atoms with van der Waals surface area (Å²) in [5.74, 6) is -0.490. The number of hydrogen-bond acceptors (Lipinski definition) is 5. The van der Waals surface area contributed by atoms with Crippen molar-refractivity contribution < 1.29 is 18.8 Å². The van der Waals surface area contributed by atoms with Crippen molar-refractivity contribution in [3.63, 3.8) is 0 Å². The van der Waals surface area contributed by atoms with E-state index in [1.54, 1.807) is 6.92 Å². The molecule has 0 aliphatic rings. The summed E-state index contributed by atoms with van der Waals surface area (Å²) in [5, 5.41) is 0.529. The molecule has 5 nitrogen and oxygen atoms in total. The van der Waals surface area contributed by atoms with Gasteiger partial charge in [0.2, 0.25) is 0 Å². The van der Waals surface area contributed by atoms with Crippen LogP contribution in [0.15, 0.2) is 27.4 Å². The van der Waals surface area contributed by atoms with Crippen LogP contribution >= 0.6 is 0 Å². The normalized spacial score (nSPS) is 12.1. The van der Waals surface area contributed by atoms with Gasteiger partial charge in [0.25, 0.3) is 0 Å². The van der Waals surface area contributed by atoms with E-state index in [4.69, 9.17) is 4.42 Å². The first kappa shape index (κ1) is 13.9. The SMILES string of the molecule is CC(=O)C(C)c1cc2cc(C=O)cc(C=O)c2c(=O)o1. The molecule has 2 rings (SSSR count). The second-order valence-electron chi connectivity index (χ2n) is 4.58. The number of ketones is 1. The predicted molar refractivity (Wildman–Crippen MR) is 72.4 cm³/mol. The minimum absolute atomic E-state index is 0.0976. The van der Waals surface area contributed by atoms with E-state index in [1.165, 1.54) is 25.1 Å². The van der Waals surface area contributed by atoms with Crippen LogP contribution < -0.4 is 5.63 Å². The smallest absolute Gasteiger partial charge is 0.344 e. The number of fused-ring (bicyclic) bond motifs is 1. The molecule has 0 N–H and O–H groups in total. The van der Waals surface area contributed by atoms with Gasteiger partial charge in [-0.05, 0) is 37.4 Å². The first-order valence-corrected chi connectivity index (χ1v) is 6.00. The lowest BCUT2D eigenvalue weighted by Gasteiger charge is -2.08. The van der Waals surface area contributed by atoms with Crippen molar-refractivity contribution in [2.24, 2.45) is 0 Å². The summed E-state index contributed by atoms with van der Waals surface area (Å²) in [7, 11) is 0. The number of Topliss-reactive ketones (excluding diaryl/α,β-unsaturated/α-hetero) is 1. The van der Waals surface area contributed by atoms with Crippen molar-refractivity contribution in [3.05, 3.63) is 45.5 Å². The predicted octanol–water partition coefficient (Wildman–Crippen LogP) is 2.11. The molecule has 1 heterocycles. The Kier molecular flexibility index (Phi) is 3.61. The van der Waals surface area contributed by atoms with Crippen molar-refractivity contribution in [1.82, 2.24) is 0 Å². The molecular formula is C15H12O5. The molecule has 102 valence electrons. The summed E-state index contributed by atoms with van der Waals surface area (Å²) < 4.78 is 5.11. The van der Waals surface area contributed by atoms with Crippen molar-refractivity contribution in [2.45, 2.75) is 19.8 Å². The lowest BCUT2D eigenvalue weighted by atomic mass is 9.99. The molecule has 0 saturated heterocycles. The second kappa shape index (κ2) is 5.21. The van der Waals surface area contributed by atoms with E-state index >= 15 is 0 Å². The second-order valence-corrected chi connectivity index (χ2v) is 4.58. The fraction of sp³-hybridized carbons (Fsp3) is 0.200. The van der Waals surface area contributed by atoms with E-state index in [0.717, 1.165) is 0 Å². The molecule has 0 aliphatic carbocycles. The van der Waals surface area contributed by atoms with Crippen molar-refractivity contribution in [1.29, 1.82) is 0 Å². The van der Waals surface area contributed by atoms with E-state index in [0.29, 0.717) is 18.0 Å². The molecule has 2 aromatic rings. The van der Waals surface area contributed by atoms with Crippen LogP contribution in [0.5, 0.6) is 0 Å². The van der Waals surface area contributed by atoms with Crippen LogP contribution in [0.1, 0.15) is 46.2 Å². The van der Waals surface area contributed by atoms with Gasteiger partial charge in [-0.15, -0.1) is 0 Å². The van der Waals surface area contributed by atoms with Gasteiger partial charge < -0.3 is 4.42 Å². The fourth-order valence-electron chi connectivity index (χ4n) is 1.98. The monoisotopic (exact) mass is 272 g/mol. The molecule has 0 amide bonds. The summed E-state index contributed by atoms with van der Waals surface area (Å²) in [6.45, 7) is 3.02. The number of hydrogen-bond donors (Lipinski definition) is 0. The van der Waals surface area contributed by atoms with Crippen LogP contribution in [0, 0.1) is 0 Å². The molecule has 0 spiro atoms. The van der Waals surface area contributed by atoms with Crippen LogP contribution in [-0.2, 0) is 4.79 Å². The third kappa shape index (κ3) is 2.30. The molecule has 0 saturated carbocycles. The van der Waals surface area contributed by atoms with Crippen molar-refractivity contribution in [3.8, 4) is 0 Å². The summed E-state index contributed by atoms with van der Waals surface area (Å²) >= 11 is 0. The third-order valence-electron chi connectivity index (χ3n) is 3.23. The minimum atomic E-state index is -0.690. The summed E-state index contributed by atoms with van der Waals surface area (Å²) in [5.41, 5.74) is -0.308. The maximum absolute atomic E-state index is 12.0. The molecule has 0 aliphatic heterocycles. The Balaban J connectivity index is 2.83. The van der Waals surface area contributed by atoms with Gasteiger partial charge in [-0.2, -0.15) is 0 Å². The average Bonchev–Trinajstić information content (AvgIpc) is 2.44. The van der Waals surface area contributed by atoms with E-state index in [1.807, 2.05) is 0 Å². The van der Waals surface area contributed by atoms with Gasteiger partial charge in [0.15, 0.2) is 6.29 Å². The Labute approximate surface area is 114 Å². The fourth-order valence-corrected chi connectivity index (χ4v) is 1.98. The van der Waals surface area contributed by atoms with Gasteiger partial charge in [0.1, 0.15) is 17.8 Å². The maximum Gasteiger partial charge on any atom is 0.344 e. The van der Waals surface area contributed by atoms with Gasteiger partial charge in [-0.1, -0.05) is 0 Å². The number of carbonyl (C=O) groups excluding carboxylic acids is 3. The van der Waals surface area contributed by atoms with E-state index in [2.05, 4.69) is 0 Å². The quantitative estimate of drug-likeness (QED) is 0.796. The van der Waals surface area contributed by atoms with Gasteiger partial charge >= 0.3 is 5.63 Å². The molecule has 5 heteroatoms. The topological polar surface area (TPSA) is 81.4 Å². The van der Waals surface area contributed by atoms with Gasteiger partial charge in [-0.3, -0.25) is 14.4 Å². The zero-order chi connectivity index (χ0) is 14.9. The molecule has 1 aromatic heterocycles. The average molecular weight is 272 g/mol. The van der Waals surface area contributed by atoms with Crippen LogP contribution in [0.4, 0.5) is 0 Å². The Hall–Kier alpha value is -2.56. The Morgan fingerprint density at radius 1 is 1.20 bits per heavy atom. The Morgan fingerprint density at radius 2 is 1.90 bits per heavy atom. The van der Waals surface area contributed by atoms with Crippen molar-refractivity contribution >= 4 is 29.1 Å². The summed E-state index contributed by atoms with van der Waals surface area (Å²) in [6.07, 6.45) is 1.09. The molecule has 1 aromatic carbocycles. The summed E-state index contributed by atoms with van der Waals surface area (Å²) in [4.78, 5) is 45.2. The van der Waals surface area contributed by atoms with Crippen molar-refractivity contribution in [2.75, 3.05) is 0 Å². The highest BCUT2D eigenvalue weighted by Gasteiger charge is 2.17. The van der Waals surface area contributed by atoms with Gasteiger partial charge in [0, 0.05) is 11.1 Å². The molecule has 0 radical (unpaired) electrons. The molecule has 1 unspecified atom stereocenters. The largest absolute Gasteiger partial charge is 0.427 e. The third-order valence-corrected chi connectivity index (χ3v) is 3.23. The highest BCUT2D eigenvalue weighted by molar-refractivity contribution is 6.00. The van der Waals surface area contributed by atoms with Gasteiger partial charge in [-0.25, -0.2) is 4.79 Å². The number of carbonyl (C=O) groups is 3. The number of benzene rings is 1. The Morgan fingerprint density at radius 3 is 2.45 bits per heavy atom. The zero-order valence-corrected chi connectivity index (χ0v) is 11.0. The van der Waals surface area contributed by atoms with E-state index < -0.39 is 11.5 Å². The maximum atomic E-state index is 12.0. The first-order chi connectivity index (χ1) is 9.47. The Bertz CT molecular complexity index is 770. The van der Waals surface area contributed by atoms with Crippen LogP contribution in [0.25, 0.3) is 10.8 Å². The summed E-state index contributed by atoms with van der Waals surface area (Å²) in [6, 6.07) is 4.33. The molecule has 20 heavy (non-hydrogen) atoms. The highest BCUT2D eigenvalue weighted by atomic mass is 16.4. The lowest BCUT2D eigenvalue weighted by Crippen LogP contribution is -2.11. The minimum Gasteiger partial charge on any atom is -0.427 e. The molecule has 1 atom stereocenters. The van der Waals surface area contributed by atoms with Crippen LogP contribution in [-0.4, -0.2) is 18.4 Å². The first-order valence-electron chi connectivity index (χ1n) is 6.00. The zero-order valence-electron chi connectivity index (χ0n) is 11.0. The van der Waals surface area contributed by atoms with Crippen LogP contribution in [0.3, 0.4) is 0 Å². The molecule has 0 bridgehead atoms. The molecule has 0 fully saturated rings.